The normalized spacial score (nSPS) is 30.3. The monoisotopic (exact) mass is 414 g/mol. The van der Waals surface area contributed by atoms with Crippen molar-refractivity contribution in [3.63, 3.8) is 0 Å². The first-order valence-corrected chi connectivity index (χ1v) is 10.6. The van der Waals surface area contributed by atoms with Gasteiger partial charge in [0.1, 0.15) is 5.75 Å². The number of rotatable bonds is 5. The zero-order valence-electron chi connectivity index (χ0n) is 17.6. The quantitative estimate of drug-likeness (QED) is 0.775. The summed E-state index contributed by atoms with van der Waals surface area (Å²) in [6.07, 6.45) is 1.11. The molecule has 1 saturated carbocycles. The van der Waals surface area contributed by atoms with Gasteiger partial charge in [0, 0.05) is 24.5 Å². The van der Waals surface area contributed by atoms with E-state index >= 15 is 0 Å². The summed E-state index contributed by atoms with van der Waals surface area (Å²) < 4.78 is 42.0. The van der Waals surface area contributed by atoms with Crippen molar-refractivity contribution in [1.82, 2.24) is 9.80 Å². The van der Waals surface area contributed by atoms with Gasteiger partial charge in [0.25, 0.3) is 0 Å². The summed E-state index contributed by atoms with van der Waals surface area (Å²) in [6, 6.07) is 6.56. The third-order valence-electron chi connectivity index (χ3n) is 6.82. The Morgan fingerprint density at radius 3 is 2.66 bits per heavy atom. The first-order chi connectivity index (χ1) is 13.6. The molecule has 0 amide bonds. The van der Waals surface area contributed by atoms with E-state index in [0.29, 0.717) is 18.0 Å². The SMILES string of the molecule is CC(c1cccc(OC(F)(F)F)c1)C1(O)CCCCC1N1CCC[C@H](N(C)C)C1. The highest BCUT2D eigenvalue weighted by atomic mass is 19.4. The van der Waals surface area contributed by atoms with Gasteiger partial charge in [-0.1, -0.05) is 31.9 Å². The fourth-order valence-electron chi connectivity index (χ4n) is 5.12. The van der Waals surface area contributed by atoms with E-state index in [1.54, 1.807) is 12.1 Å². The molecule has 0 aromatic heterocycles. The molecule has 29 heavy (non-hydrogen) atoms. The third-order valence-corrected chi connectivity index (χ3v) is 6.82. The standard InChI is InChI=1S/C22H33F3N2O2/c1-16(17-8-6-10-19(14-17)29-22(23,24)25)21(28)12-5-4-11-20(21)27-13-7-9-18(15-27)26(2)3/h6,8,10,14,16,18,20,28H,4-5,7,9,11-13,15H2,1-3H3/t16?,18-,20?,21?/m0/s1. The number of likely N-dealkylation sites (N-methyl/N-ethyl adjacent to an activating group) is 1. The fraction of sp³-hybridized carbons (Fsp3) is 0.727. The molecule has 164 valence electrons. The second-order valence-corrected chi connectivity index (χ2v) is 8.85. The molecule has 3 unspecified atom stereocenters. The topological polar surface area (TPSA) is 35.9 Å². The molecule has 0 bridgehead atoms. The highest BCUT2D eigenvalue weighted by molar-refractivity contribution is 5.33. The lowest BCUT2D eigenvalue weighted by Crippen LogP contribution is -2.60. The van der Waals surface area contributed by atoms with Gasteiger partial charge in [-0.25, -0.2) is 0 Å². The number of alkyl halides is 3. The van der Waals surface area contributed by atoms with Gasteiger partial charge >= 0.3 is 6.36 Å². The lowest BCUT2D eigenvalue weighted by atomic mass is 9.69. The summed E-state index contributed by atoms with van der Waals surface area (Å²) in [7, 11) is 4.19. The highest BCUT2D eigenvalue weighted by Crippen LogP contribution is 2.43. The lowest BCUT2D eigenvalue weighted by molar-refractivity contribution is -0.274. The van der Waals surface area contributed by atoms with E-state index in [1.165, 1.54) is 12.1 Å². The molecule has 7 heteroatoms. The Labute approximate surface area is 171 Å². The van der Waals surface area contributed by atoms with Crippen molar-refractivity contribution in [2.24, 2.45) is 0 Å². The van der Waals surface area contributed by atoms with Crippen molar-refractivity contribution in [1.29, 1.82) is 0 Å². The van der Waals surface area contributed by atoms with Crippen molar-refractivity contribution in [2.45, 2.75) is 75.4 Å². The van der Waals surface area contributed by atoms with Gasteiger partial charge in [0.15, 0.2) is 0 Å². The van der Waals surface area contributed by atoms with E-state index in [2.05, 4.69) is 28.6 Å². The van der Waals surface area contributed by atoms with Gasteiger partial charge < -0.3 is 14.7 Å². The van der Waals surface area contributed by atoms with E-state index in [4.69, 9.17) is 0 Å². The summed E-state index contributed by atoms with van der Waals surface area (Å²) in [6.45, 7) is 3.81. The molecule has 2 aliphatic rings. The maximum absolute atomic E-state index is 12.6. The number of hydrogen-bond donors (Lipinski definition) is 1. The molecule has 4 nitrogen and oxygen atoms in total. The van der Waals surface area contributed by atoms with Crippen molar-refractivity contribution in [2.75, 3.05) is 27.2 Å². The minimum atomic E-state index is -4.72. The van der Waals surface area contributed by atoms with Crippen LogP contribution in [0.1, 0.15) is 56.9 Å². The Hall–Kier alpha value is -1.31. The number of hydrogen-bond acceptors (Lipinski definition) is 4. The molecule has 1 saturated heterocycles. The van der Waals surface area contributed by atoms with Crippen LogP contribution < -0.4 is 4.74 Å². The molecular formula is C22H33F3N2O2. The number of benzene rings is 1. The highest BCUT2D eigenvalue weighted by Gasteiger charge is 2.47. The molecule has 1 aromatic carbocycles. The molecule has 1 aliphatic carbocycles. The average Bonchev–Trinajstić information content (AvgIpc) is 2.66. The minimum absolute atomic E-state index is 0.0150. The molecule has 3 rings (SSSR count). The van der Waals surface area contributed by atoms with Crippen LogP contribution in [-0.2, 0) is 0 Å². The van der Waals surface area contributed by atoms with E-state index < -0.39 is 12.0 Å². The van der Waals surface area contributed by atoms with Crippen molar-refractivity contribution in [3.05, 3.63) is 29.8 Å². The van der Waals surface area contributed by atoms with Gasteiger partial charge in [0.2, 0.25) is 0 Å². The van der Waals surface area contributed by atoms with Crippen molar-refractivity contribution < 1.29 is 23.0 Å². The van der Waals surface area contributed by atoms with Crippen LogP contribution in [0.4, 0.5) is 13.2 Å². The maximum Gasteiger partial charge on any atom is 0.573 e. The second-order valence-electron chi connectivity index (χ2n) is 8.85. The molecule has 0 spiro atoms. The molecule has 1 heterocycles. The van der Waals surface area contributed by atoms with Gasteiger partial charge in [-0.05, 0) is 64.0 Å². The zero-order chi connectivity index (χ0) is 21.2. The number of nitrogens with zero attached hydrogens (tertiary/aromatic N) is 2. The minimum Gasteiger partial charge on any atom is -0.406 e. The molecule has 1 aromatic rings. The number of likely N-dealkylation sites (tertiary alicyclic amines) is 1. The summed E-state index contributed by atoms with van der Waals surface area (Å²) in [4.78, 5) is 4.66. The van der Waals surface area contributed by atoms with E-state index in [9.17, 15) is 18.3 Å². The smallest absolute Gasteiger partial charge is 0.406 e. The van der Waals surface area contributed by atoms with Crippen LogP contribution >= 0.6 is 0 Å². The predicted octanol–water partition coefficient (Wildman–Crippen LogP) is 4.39. The van der Waals surface area contributed by atoms with Crippen LogP contribution in [0.2, 0.25) is 0 Å². The fourth-order valence-corrected chi connectivity index (χ4v) is 5.12. The summed E-state index contributed by atoms with van der Waals surface area (Å²) >= 11 is 0. The van der Waals surface area contributed by atoms with Gasteiger partial charge in [0.05, 0.1) is 5.60 Å². The predicted molar refractivity (Wildman–Crippen MR) is 107 cm³/mol. The summed E-state index contributed by atoms with van der Waals surface area (Å²) in [5, 5.41) is 11.8. The van der Waals surface area contributed by atoms with Crippen LogP contribution in [0.3, 0.4) is 0 Å². The van der Waals surface area contributed by atoms with E-state index in [-0.39, 0.29) is 17.7 Å². The van der Waals surface area contributed by atoms with Gasteiger partial charge in [-0.3, -0.25) is 4.90 Å². The molecule has 1 N–H and O–H groups in total. The second kappa shape index (κ2) is 8.82. The van der Waals surface area contributed by atoms with E-state index in [1.807, 2.05) is 6.92 Å². The number of ether oxygens (including phenoxy) is 1. The molecule has 2 fully saturated rings. The summed E-state index contributed by atoms with van der Waals surface area (Å²) in [5.41, 5.74) is -0.286. The summed E-state index contributed by atoms with van der Waals surface area (Å²) in [5.74, 6) is -0.521. The van der Waals surface area contributed by atoms with Gasteiger partial charge in [-0.2, -0.15) is 0 Å². The van der Waals surface area contributed by atoms with Crippen molar-refractivity contribution in [3.8, 4) is 5.75 Å². The maximum atomic E-state index is 12.6. The van der Waals surface area contributed by atoms with Crippen molar-refractivity contribution >= 4 is 0 Å². The Balaban J connectivity index is 1.83. The molecular weight excluding hydrogens is 381 g/mol. The number of piperidine rings is 1. The average molecular weight is 415 g/mol. The number of aliphatic hydroxyl groups is 1. The Bertz CT molecular complexity index is 682. The van der Waals surface area contributed by atoms with Crippen LogP contribution in [0.5, 0.6) is 5.75 Å². The molecule has 4 atom stereocenters. The Morgan fingerprint density at radius 2 is 1.97 bits per heavy atom. The lowest BCUT2D eigenvalue weighted by Gasteiger charge is -2.51. The zero-order valence-corrected chi connectivity index (χ0v) is 17.6. The van der Waals surface area contributed by atoms with Crippen LogP contribution in [-0.4, -0.2) is 66.1 Å². The van der Waals surface area contributed by atoms with Crippen LogP contribution in [0.15, 0.2) is 24.3 Å². The van der Waals surface area contributed by atoms with Crippen LogP contribution in [0, 0.1) is 0 Å². The molecule has 1 aliphatic heterocycles. The largest absolute Gasteiger partial charge is 0.573 e. The van der Waals surface area contributed by atoms with Crippen LogP contribution in [0.25, 0.3) is 0 Å². The van der Waals surface area contributed by atoms with E-state index in [0.717, 1.165) is 45.2 Å². The Morgan fingerprint density at radius 1 is 1.21 bits per heavy atom. The third kappa shape index (κ3) is 5.25. The Kier molecular flexibility index (Phi) is 6.81. The van der Waals surface area contributed by atoms with Gasteiger partial charge in [-0.15, -0.1) is 13.2 Å². The number of halogens is 3. The molecule has 0 radical (unpaired) electrons. The first kappa shape index (κ1) is 22.4. The first-order valence-electron chi connectivity index (χ1n) is 10.6.